The predicted molar refractivity (Wildman–Crippen MR) is 75.8 cm³/mol. The standard InChI is InChI=1S/C16H13FS/c17-14-8-5-12(6-9-14)11-18-16-10-7-13-3-1-2-4-15(13)16/h1-6,8-10H,7,11H2. The number of hydrogen-bond acceptors (Lipinski definition) is 1. The van der Waals surface area contributed by atoms with Crippen LogP contribution in [0.25, 0.3) is 4.91 Å². The highest BCUT2D eigenvalue weighted by Crippen LogP contribution is 2.37. The van der Waals surface area contributed by atoms with E-state index in [1.54, 1.807) is 0 Å². The lowest BCUT2D eigenvalue weighted by molar-refractivity contribution is 0.627. The monoisotopic (exact) mass is 256 g/mol. The first-order valence-corrected chi connectivity index (χ1v) is 6.97. The van der Waals surface area contributed by atoms with Crippen molar-refractivity contribution in [1.29, 1.82) is 0 Å². The Hall–Kier alpha value is -1.54. The molecule has 0 bridgehead atoms. The molecule has 0 heterocycles. The molecule has 0 aliphatic heterocycles. The maximum absolute atomic E-state index is 12.8. The normalized spacial score (nSPS) is 13.3. The lowest BCUT2D eigenvalue weighted by Gasteiger charge is -2.05. The average molecular weight is 256 g/mol. The van der Waals surface area contributed by atoms with Gasteiger partial charge in [-0.15, -0.1) is 11.8 Å². The molecule has 2 aromatic rings. The van der Waals surface area contributed by atoms with E-state index in [0.717, 1.165) is 17.7 Å². The van der Waals surface area contributed by atoms with E-state index in [2.05, 4.69) is 30.3 Å². The highest BCUT2D eigenvalue weighted by atomic mass is 32.2. The molecule has 0 atom stereocenters. The van der Waals surface area contributed by atoms with Crippen LogP contribution in [0.3, 0.4) is 0 Å². The zero-order valence-electron chi connectivity index (χ0n) is 9.90. The highest BCUT2D eigenvalue weighted by Gasteiger charge is 2.13. The van der Waals surface area contributed by atoms with Gasteiger partial charge in [0.05, 0.1) is 0 Å². The van der Waals surface area contributed by atoms with Crippen molar-refractivity contribution < 1.29 is 4.39 Å². The van der Waals surface area contributed by atoms with Gasteiger partial charge in [-0.05, 0) is 35.2 Å². The van der Waals surface area contributed by atoms with E-state index in [4.69, 9.17) is 0 Å². The summed E-state index contributed by atoms with van der Waals surface area (Å²) in [5.74, 6) is 0.717. The Bertz CT molecular complexity index is 584. The second-order valence-corrected chi connectivity index (χ2v) is 5.36. The summed E-state index contributed by atoms with van der Waals surface area (Å²) in [6.07, 6.45) is 3.31. The fraction of sp³-hybridized carbons (Fsp3) is 0.125. The summed E-state index contributed by atoms with van der Waals surface area (Å²) in [5, 5.41) is 0. The minimum atomic E-state index is -0.172. The lowest BCUT2D eigenvalue weighted by atomic mass is 10.1. The Morgan fingerprint density at radius 1 is 1.00 bits per heavy atom. The first-order valence-electron chi connectivity index (χ1n) is 5.98. The Labute approximate surface area is 111 Å². The van der Waals surface area contributed by atoms with Crippen molar-refractivity contribution in [2.45, 2.75) is 12.2 Å². The number of allylic oxidation sites excluding steroid dienone is 1. The summed E-state index contributed by atoms with van der Waals surface area (Å²) in [6.45, 7) is 0. The second-order valence-electron chi connectivity index (χ2n) is 4.34. The summed E-state index contributed by atoms with van der Waals surface area (Å²) in [4.78, 5) is 1.34. The summed E-state index contributed by atoms with van der Waals surface area (Å²) in [5.41, 5.74) is 3.91. The first kappa shape index (κ1) is 11.5. The maximum Gasteiger partial charge on any atom is 0.123 e. The Balaban J connectivity index is 1.70. The number of benzene rings is 2. The van der Waals surface area contributed by atoms with Gasteiger partial charge in [0.25, 0.3) is 0 Å². The SMILES string of the molecule is Fc1ccc(CSC2=CCc3ccccc32)cc1. The third kappa shape index (κ3) is 2.34. The number of halogens is 1. The van der Waals surface area contributed by atoms with Crippen molar-refractivity contribution in [2.24, 2.45) is 0 Å². The van der Waals surface area contributed by atoms with E-state index in [1.165, 1.54) is 28.2 Å². The molecule has 0 spiro atoms. The zero-order chi connectivity index (χ0) is 12.4. The zero-order valence-corrected chi connectivity index (χ0v) is 10.7. The van der Waals surface area contributed by atoms with Gasteiger partial charge < -0.3 is 0 Å². The lowest BCUT2D eigenvalue weighted by Crippen LogP contribution is -1.84. The summed E-state index contributed by atoms with van der Waals surface area (Å²) >= 11 is 1.82. The topological polar surface area (TPSA) is 0 Å². The van der Waals surface area contributed by atoms with Crippen LogP contribution in [0.2, 0.25) is 0 Å². The third-order valence-corrected chi connectivity index (χ3v) is 4.27. The molecule has 0 unspecified atom stereocenters. The van der Waals surface area contributed by atoms with Gasteiger partial charge >= 0.3 is 0 Å². The van der Waals surface area contributed by atoms with Crippen LogP contribution in [0.5, 0.6) is 0 Å². The number of fused-ring (bicyclic) bond motifs is 1. The largest absolute Gasteiger partial charge is 0.207 e. The van der Waals surface area contributed by atoms with Crippen LogP contribution in [0, 0.1) is 5.82 Å². The fourth-order valence-electron chi connectivity index (χ4n) is 2.13. The smallest absolute Gasteiger partial charge is 0.123 e. The molecular formula is C16H13FS. The van der Waals surface area contributed by atoms with Crippen molar-refractivity contribution in [2.75, 3.05) is 0 Å². The first-order chi connectivity index (χ1) is 8.83. The Morgan fingerprint density at radius 3 is 2.61 bits per heavy atom. The molecule has 0 amide bonds. The van der Waals surface area contributed by atoms with Crippen LogP contribution in [0.1, 0.15) is 16.7 Å². The van der Waals surface area contributed by atoms with Gasteiger partial charge in [-0.1, -0.05) is 42.5 Å². The highest BCUT2D eigenvalue weighted by molar-refractivity contribution is 8.07. The van der Waals surface area contributed by atoms with E-state index in [-0.39, 0.29) is 5.82 Å². The average Bonchev–Trinajstić information content (AvgIpc) is 2.82. The summed E-state index contributed by atoms with van der Waals surface area (Å²) < 4.78 is 12.8. The van der Waals surface area contributed by atoms with Gasteiger partial charge in [0, 0.05) is 10.7 Å². The van der Waals surface area contributed by atoms with Gasteiger partial charge in [0.1, 0.15) is 5.82 Å². The van der Waals surface area contributed by atoms with Crippen LogP contribution in [0.15, 0.2) is 54.6 Å². The minimum Gasteiger partial charge on any atom is -0.207 e. The van der Waals surface area contributed by atoms with Gasteiger partial charge in [0.15, 0.2) is 0 Å². The van der Waals surface area contributed by atoms with Crippen LogP contribution in [0.4, 0.5) is 4.39 Å². The van der Waals surface area contributed by atoms with Crippen LogP contribution in [-0.4, -0.2) is 0 Å². The molecule has 2 heteroatoms. The van der Waals surface area contributed by atoms with Gasteiger partial charge in [-0.3, -0.25) is 0 Å². The molecular weight excluding hydrogens is 243 g/mol. The van der Waals surface area contributed by atoms with Crippen molar-refractivity contribution >= 4 is 16.7 Å². The Morgan fingerprint density at radius 2 is 1.78 bits per heavy atom. The fourth-order valence-corrected chi connectivity index (χ4v) is 3.20. The minimum absolute atomic E-state index is 0.172. The van der Waals surface area contributed by atoms with Crippen molar-refractivity contribution in [1.82, 2.24) is 0 Å². The van der Waals surface area contributed by atoms with E-state index in [0.29, 0.717) is 0 Å². The van der Waals surface area contributed by atoms with E-state index < -0.39 is 0 Å². The van der Waals surface area contributed by atoms with Crippen molar-refractivity contribution in [3.8, 4) is 0 Å². The molecule has 1 aliphatic carbocycles. The molecule has 1 aliphatic rings. The van der Waals surface area contributed by atoms with E-state index >= 15 is 0 Å². The molecule has 0 saturated heterocycles. The van der Waals surface area contributed by atoms with Gasteiger partial charge in [0.2, 0.25) is 0 Å². The van der Waals surface area contributed by atoms with E-state index in [9.17, 15) is 4.39 Å². The van der Waals surface area contributed by atoms with Gasteiger partial charge in [-0.25, -0.2) is 4.39 Å². The number of thioether (sulfide) groups is 1. The molecule has 0 saturated carbocycles. The molecule has 0 nitrogen and oxygen atoms in total. The van der Waals surface area contributed by atoms with Crippen molar-refractivity contribution in [3.05, 3.63) is 77.1 Å². The van der Waals surface area contributed by atoms with Crippen molar-refractivity contribution in [3.63, 3.8) is 0 Å². The molecule has 3 rings (SSSR count). The number of hydrogen-bond donors (Lipinski definition) is 0. The van der Waals surface area contributed by atoms with Gasteiger partial charge in [-0.2, -0.15) is 0 Å². The maximum atomic E-state index is 12.8. The van der Waals surface area contributed by atoms with Crippen LogP contribution in [-0.2, 0) is 12.2 Å². The third-order valence-electron chi connectivity index (χ3n) is 3.10. The molecule has 0 aromatic heterocycles. The van der Waals surface area contributed by atoms with E-state index in [1.807, 2.05) is 23.9 Å². The Kier molecular flexibility index (Phi) is 3.20. The molecule has 0 radical (unpaired) electrons. The van der Waals surface area contributed by atoms with Crippen LogP contribution >= 0.6 is 11.8 Å². The number of rotatable bonds is 3. The molecule has 0 N–H and O–H groups in total. The molecule has 0 fully saturated rings. The molecule has 90 valence electrons. The summed E-state index contributed by atoms with van der Waals surface area (Å²) in [6, 6.07) is 15.3. The second kappa shape index (κ2) is 4.99. The quantitative estimate of drug-likeness (QED) is 0.770. The molecule has 18 heavy (non-hydrogen) atoms. The molecule has 2 aromatic carbocycles. The van der Waals surface area contributed by atoms with Crippen LogP contribution < -0.4 is 0 Å². The summed E-state index contributed by atoms with van der Waals surface area (Å²) in [7, 11) is 0. The predicted octanol–water partition coefficient (Wildman–Crippen LogP) is 4.66.